The Balaban J connectivity index is 1.72. The van der Waals surface area contributed by atoms with Gasteiger partial charge in [-0.05, 0) is 24.3 Å². The molecule has 1 aromatic heterocycles. The Bertz CT molecular complexity index is 855. The summed E-state index contributed by atoms with van der Waals surface area (Å²) >= 11 is 5.97. The summed E-state index contributed by atoms with van der Waals surface area (Å²) in [6, 6.07) is 7.00. The van der Waals surface area contributed by atoms with Crippen molar-refractivity contribution >= 4 is 23.1 Å². The van der Waals surface area contributed by atoms with Crippen LogP contribution in [0.4, 0.5) is 29.1 Å². The maximum Gasteiger partial charge on any atom is 0.417 e. The molecular formula is C17H13ClF4N4. The van der Waals surface area contributed by atoms with Crippen LogP contribution in [0.5, 0.6) is 0 Å². The first-order valence-electron chi connectivity index (χ1n) is 7.72. The van der Waals surface area contributed by atoms with Crippen molar-refractivity contribution in [3.63, 3.8) is 0 Å². The zero-order valence-corrected chi connectivity index (χ0v) is 14.1. The van der Waals surface area contributed by atoms with E-state index in [1.807, 2.05) is 11.0 Å². The number of aromatic nitrogens is 1. The highest BCUT2D eigenvalue weighted by Crippen LogP contribution is 2.34. The van der Waals surface area contributed by atoms with Gasteiger partial charge in [-0.1, -0.05) is 11.6 Å². The number of anilines is 2. The van der Waals surface area contributed by atoms with Gasteiger partial charge in [0, 0.05) is 32.4 Å². The van der Waals surface area contributed by atoms with Crippen LogP contribution >= 0.6 is 11.6 Å². The molecule has 0 saturated carbocycles. The molecule has 136 valence electrons. The molecule has 4 nitrogen and oxygen atoms in total. The lowest BCUT2D eigenvalue weighted by atomic mass is 10.1. The van der Waals surface area contributed by atoms with E-state index < -0.39 is 17.6 Å². The van der Waals surface area contributed by atoms with E-state index in [-0.39, 0.29) is 16.4 Å². The van der Waals surface area contributed by atoms with E-state index in [2.05, 4.69) is 4.98 Å². The number of hydrogen-bond donors (Lipinski definition) is 0. The Morgan fingerprint density at radius 1 is 1.08 bits per heavy atom. The van der Waals surface area contributed by atoms with Crippen LogP contribution in [-0.2, 0) is 6.18 Å². The van der Waals surface area contributed by atoms with Crippen LogP contribution in [0.3, 0.4) is 0 Å². The van der Waals surface area contributed by atoms with Gasteiger partial charge in [0.1, 0.15) is 11.6 Å². The zero-order chi connectivity index (χ0) is 18.9. The molecule has 0 amide bonds. The molecule has 0 unspecified atom stereocenters. The topological polar surface area (TPSA) is 43.2 Å². The molecule has 0 spiro atoms. The number of nitrogens with zero attached hydrogens (tertiary/aromatic N) is 4. The number of benzene rings is 1. The van der Waals surface area contributed by atoms with Gasteiger partial charge >= 0.3 is 6.18 Å². The first-order valence-corrected chi connectivity index (χ1v) is 8.09. The summed E-state index contributed by atoms with van der Waals surface area (Å²) in [5, 5.41) is 8.72. The maximum absolute atomic E-state index is 14.1. The van der Waals surface area contributed by atoms with Crippen molar-refractivity contribution in [3.05, 3.63) is 52.4 Å². The predicted octanol–water partition coefficient (Wildman–Crippen LogP) is 4.09. The fourth-order valence-electron chi connectivity index (χ4n) is 2.81. The summed E-state index contributed by atoms with van der Waals surface area (Å²) in [5.41, 5.74) is -0.273. The Morgan fingerprint density at radius 2 is 1.73 bits per heavy atom. The van der Waals surface area contributed by atoms with Crippen molar-refractivity contribution < 1.29 is 17.6 Å². The highest BCUT2D eigenvalue weighted by atomic mass is 35.5. The van der Waals surface area contributed by atoms with Gasteiger partial charge in [-0.2, -0.15) is 18.4 Å². The van der Waals surface area contributed by atoms with Crippen LogP contribution in [0.2, 0.25) is 5.02 Å². The average Bonchev–Trinajstić information content (AvgIpc) is 2.61. The second kappa shape index (κ2) is 7.00. The minimum absolute atomic E-state index is 0.0715. The van der Waals surface area contributed by atoms with E-state index in [4.69, 9.17) is 16.9 Å². The molecule has 0 radical (unpaired) electrons. The molecule has 1 aliphatic rings. The van der Waals surface area contributed by atoms with Crippen molar-refractivity contribution in [1.29, 1.82) is 5.26 Å². The number of nitriles is 1. The van der Waals surface area contributed by atoms with Gasteiger partial charge in [-0.15, -0.1) is 0 Å². The molecule has 1 fully saturated rings. The molecule has 1 saturated heterocycles. The normalized spacial score (nSPS) is 15.1. The number of hydrogen-bond acceptors (Lipinski definition) is 4. The zero-order valence-electron chi connectivity index (χ0n) is 13.4. The summed E-state index contributed by atoms with van der Waals surface area (Å²) in [5.74, 6) is -0.206. The molecule has 2 heterocycles. The lowest BCUT2D eigenvalue weighted by Gasteiger charge is -2.37. The van der Waals surface area contributed by atoms with Crippen molar-refractivity contribution in [2.45, 2.75) is 6.18 Å². The number of piperazine rings is 1. The molecule has 0 atom stereocenters. The number of halogens is 5. The molecule has 2 aromatic rings. The summed E-state index contributed by atoms with van der Waals surface area (Å²) in [6.45, 7) is 1.75. The van der Waals surface area contributed by atoms with Crippen molar-refractivity contribution in [1.82, 2.24) is 4.98 Å². The second-order valence-electron chi connectivity index (χ2n) is 5.78. The Morgan fingerprint density at radius 3 is 2.27 bits per heavy atom. The van der Waals surface area contributed by atoms with Gasteiger partial charge in [-0.25, -0.2) is 9.37 Å². The van der Waals surface area contributed by atoms with Gasteiger partial charge in [0.25, 0.3) is 0 Å². The van der Waals surface area contributed by atoms with E-state index >= 15 is 0 Å². The largest absolute Gasteiger partial charge is 0.417 e. The molecule has 3 rings (SSSR count). The molecule has 0 N–H and O–H groups in total. The highest BCUT2D eigenvalue weighted by molar-refractivity contribution is 6.33. The van der Waals surface area contributed by atoms with Gasteiger partial charge in [0.2, 0.25) is 0 Å². The molecule has 0 aliphatic carbocycles. The minimum Gasteiger partial charge on any atom is -0.366 e. The quantitative estimate of drug-likeness (QED) is 0.731. The van der Waals surface area contributed by atoms with Crippen LogP contribution < -0.4 is 9.80 Å². The summed E-state index contributed by atoms with van der Waals surface area (Å²) in [6.07, 6.45) is -3.74. The Labute approximate surface area is 152 Å². The first kappa shape index (κ1) is 18.3. The van der Waals surface area contributed by atoms with E-state index in [1.54, 1.807) is 17.0 Å². The van der Waals surface area contributed by atoms with E-state index in [9.17, 15) is 17.6 Å². The van der Waals surface area contributed by atoms with Crippen LogP contribution in [0.15, 0.2) is 30.5 Å². The number of alkyl halides is 3. The Kier molecular flexibility index (Phi) is 4.92. The summed E-state index contributed by atoms with van der Waals surface area (Å²) in [7, 11) is 0. The molecular weight excluding hydrogens is 372 g/mol. The molecule has 1 aromatic carbocycles. The first-order chi connectivity index (χ1) is 12.3. The highest BCUT2D eigenvalue weighted by Gasteiger charge is 2.32. The van der Waals surface area contributed by atoms with Gasteiger partial charge in [-0.3, -0.25) is 0 Å². The lowest BCUT2D eigenvalue weighted by Crippen LogP contribution is -2.47. The molecule has 0 bridgehead atoms. The predicted molar refractivity (Wildman–Crippen MR) is 89.8 cm³/mol. The SMILES string of the molecule is N#Cc1ccc(N2CCN(c3ncc(C(F)(F)F)cc3Cl)CC2)c(F)c1. The van der Waals surface area contributed by atoms with Crippen LogP contribution in [0, 0.1) is 17.1 Å². The summed E-state index contributed by atoms with van der Waals surface area (Å²) < 4.78 is 52.2. The minimum atomic E-state index is -4.50. The van der Waals surface area contributed by atoms with Crippen LogP contribution in [0.25, 0.3) is 0 Å². The van der Waals surface area contributed by atoms with Crippen LogP contribution in [0.1, 0.15) is 11.1 Å². The van der Waals surface area contributed by atoms with Gasteiger partial charge in [0.15, 0.2) is 0 Å². The molecule has 26 heavy (non-hydrogen) atoms. The summed E-state index contributed by atoms with van der Waals surface area (Å²) in [4.78, 5) is 7.43. The van der Waals surface area contributed by atoms with Crippen molar-refractivity contribution in [2.24, 2.45) is 0 Å². The van der Waals surface area contributed by atoms with Crippen LogP contribution in [-0.4, -0.2) is 31.2 Å². The monoisotopic (exact) mass is 384 g/mol. The fraction of sp³-hybridized carbons (Fsp3) is 0.294. The number of pyridine rings is 1. The van der Waals surface area contributed by atoms with E-state index in [0.29, 0.717) is 31.9 Å². The fourth-order valence-corrected chi connectivity index (χ4v) is 3.10. The molecule has 9 heteroatoms. The number of rotatable bonds is 2. The third-order valence-corrected chi connectivity index (χ3v) is 4.42. The van der Waals surface area contributed by atoms with Gasteiger partial charge < -0.3 is 9.80 Å². The third-order valence-electron chi connectivity index (χ3n) is 4.15. The molecule has 1 aliphatic heterocycles. The third kappa shape index (κ3) is 3.68. The van der Waals surface area contributed by atoms with Gasteiger partial charge in [0.05, 0.1) is 27.9 Å². The van der Waals surface area contributed by atoms with Crippen molar-refractivity contribution in [3.8, 4) is 6.07 Å². The smallest absolute Gasteiger partial charge is 0.366 e. The second-order valence-corrected chi connectivity index (χ2v) is 6.19. The lowest BCUT2D eigenvalue weighted by molar-refractivity contribution is -0.137. The Hall–Kier alpha value is -2.53. The van der Waals surface area contributed by atoms with E-state index in [1.165, 1.54) is 6.07 Å². The van der Waals surface area contributed by atoms with Crippen molar-refractivity contribution in [2.75, 3.05) is 36.0 Å². The van der Waals surface area contributed by atoms with E-state index in [0.717, 1.165) is 12.3 Å². The maximum atomic E-state index is 14.1. The average molecular weight is 385 g/mol. The standard InChI is InChI=1S/C17H13ClF4N4/c18-13-8-12(17(20,21)22)10-24-16(13)26-5-3-25(4-6-26)15-2-1-11(9-23)7-14(15)19/h1-2,7-8,10H,3-6H2.